The minimum absolute atomic E-state index is 0.617. The van der Waals surface area contributed by atoms with Gasteiger partial charge in [-0.3, -0.25) is 0 Å². The summed E-state index contributed by atoms with van der Waals surface area (Å²) in [6.07, 6.45) is 0. The summed E-state index contributed by atoms with van der Waals surface area (Å²) < 4.78 is 10.00. The largest absolute Gasteiger partial charge is 0.208 e. The molecular formula is C90H52N6S4. The summed E-state index contributed by atoms with van der Waals surface area (Å²) in [4.78, 5) is 31.3. The van der Waals surface area contributed by atoms with Gasteiger partial charge in [0.2, 0.25) is 0 Å². The second-order valence-corrected chi connectivity index (χ2v) is 29.5. The van der Waals surface area contributed by atoms with E-state index < -0.39 is 0 Å². The average molecular weight is 1350 g/mol. The van der Waals surface area contributed by atoms with Crippen LogP contribution in [0.25, 0.3) is 205 Å². The second kappa shape index (κ2) is 23.9. The molecule has 20 rings (SSSR count). The summed E-state index contributed by atoms with van der Waals surface area (Å²) in [7, 11) is 0. The normalized spacial score (nSPS) is 11.8. The molecule has 100 heavy (non-hydrogen) atoms. The van der Waals surface area contributed by atoms with Crippen LogP contribution < -0.4 is 0 Å². The second-order valence-electron chi connectivity index (χ2n) is 25.2. The van der Waals surface area contributed by atoms with E-state index in [0.717, 1.165) is 72.1 Å². The molecule has 6 nitrogen and oxygen atoms in total. The zero-order chi connectivity index (χ0) is 65.8. The maximum atomic E-state index is 5.33. The van der Waals surface area contributed by atoms with Gasteiger partial charge in [-0.1, -0.05) is 249 Å². The smallest absolute Gasteiger partial charge is 0.164 e. The zero-order valence-corrected chi connectivity index (χ0v) is 56.6. The van der Waals surface area contributed by atoms with Crippen molar-refractivity contribution >= 4 is 126 Å². The predicted octanol–water partition coefficient (Wildman–Crippen LogP) is 25.9. The molecule has 0 aliphatic rings. The van der Waals surface area contributed by atoms with Crippen LogP contribution >= 0.6 is 45.3 Å². The molecule has 6 aromatic heterocycles. The Hall–Kier alpha value is -12.0. The Morgan fingerprint density at radius 3 is 1.05 bits per heavy atom. The van der Waals surface area contributed by atoms with Gasteiger partial charge in [0.1, 0.15) is 0 Å². The summed E-state index contributed by atoms with van der Waals surface area (Å²) in [5.41, 5.74) is 17.3. The van der Waals surface area contributed by atoms with Crippen molar-refractivity contribution in [3.8, 4) is 124 Å². The van der Waals surface area contributed by atoms with E-state index in [1.807, 2.05) is 52.2 Å². The highest BCUT2D eigenvalue weighted by molar-refractivity contribution is 7.27. The Labute approximate surface area is 590 Å². The minimum Gasteiger partial charge on any atom is -0.208 e. The highest BCUT2D eigenvalue weighted by Gasteiger charge is 2.21. The van der Waals surface area contributed by atoms with Gasteiger partial charge in [0.25, 0.3) is 0 Å². The summed E-state index contributed by atoms with van der Waals surface area (Å²) in [6, 6.07) is 113. The number of aromatic nitrogens is 6. The molecule has 6 heterocycles. The van der Waals surface area contributed by atoms with E-state index >= 15 is 0 Å². The lowest BCUT2D eigenvalue weighted by molar-refractivity contribution is 1.07. The van der Waals surface area contributed by atoms with Gasteiger partial charge >= 0.3 is 0 Å². The van der Waals surface area contributed by atoms with E-state index in [4.69, 9.17) is 29.9 Å². The molecule has 20 aromatic rings. The van der Waals surface area contributed by atoms with E-state index in [2.05, 4.69) is 297 Å². The highest BCUT2D eigenvalue weighted by Crippen LogP contribution is 2.46. The average Bonchev–Trinajstić information content (AvgIpc) is 1.49. The number of fused-ring (bicyclic) bond motifs is 12. The third-order valence-corrected chi connectivity index (χ3v) is 24.0. The molecule has 0 saturated heterocycles. The van der Waals surface area contributed by atoms with Crippen molar-refractivity contribution in [2.45, 2.75) is 0 Å². The Kier molecular flexibility index (Phi) is 13.9. The SMILES string of the molecule is c1ccc(-c2ccc3sc4c(-c5ccc(-c6nc(-c7ccc(-c8cccc(-c9ccc%10sc%11c(-c%12ccc(-c%13nc(-c%14ccccc%14)nc(-c%14ccc%15sc%16ccccc%16c%15c%14)n%13)cc%12)cccc%11c%10c9)c8)cc7)nc(-c7cccc8sc9ccccc9c78)n6)cc5)cccc4c3c2)cc1. The maximum Gasteiger partial charge on any atom is 0.164 e. The quantitative estimate of drug-likeness (QED) is 0.128. The van der Waals surface area contributed by atoms with Crippen LogP contribution in [0.4, 0.5) is 0 Å². The van der Waals surface area contributed by atoms with Crippen molar-refractivity contribution in [1.29, 1.82) is 0 Å². The molecule has 0 fully saturated rings. The molecule has 0 saturated carbocycles. The molecule has 0 radical (unpaired) electrons. The molecule has 0 aliphatic heterocycles. The molecule has 0 aliphatic carbocycles. The van der Waals surface area contributed by atoms with Crippen molar-refractivity contribution in [1.82, 2.24) is 29.9 Å². The van der Waals surface area contributed by atoms with Gasteiger partial charge in [-0.25, -0.2) is 29.9 Å². The number of hydrogen-bond donors (Lipinski definition) is 0. The van der Waals surface area contributed by atoms with Gasteiger partial charge in [-0.05, 0) is 122 Å². The Morgan fingerprint density at radius 2 is 0.470 bits per heavy atom. The van der Waals surface area contributed by atoms with Crippen LogP contribution in [0.15, 0.2) is 315 Å². The van der Waals surface area contributed by atoms with Crippen molar-refractivity contribution in [3.05, 3.63) is 315 Å². The molecular weight excluding hydrogens is 1290 g/mol. The molecule has 0 spiro atoms. The molecule has 0 amide bonds. The fourth-order valence-corrected chi connectivity index (χ4v) is 18.9. The fourth-order valence-electron chi connectivity index (χ4n) is 14.3. The minimum atomic E-state index is 0.617. The maximum absolute atomic E-state index is 5.33. The fraction of sp³-hybridized carbons (Fsp3) is 0. The Balaban J connectivity index is 0.604. The van der Waals surface area contributed by atoms with Crippen LogP contribution in [0.1, 0.15) is 0 Å². The molecule has 0 unspecified atom stereocenters. The Morgan fingerprint density at radius 1 is 0.160 bits per heavy atom. The lowest BCUT2D eigenvalue weighted by atomic mass is 9.97. The molecule has 0 bridgehead atoms. The first-order valence-electron chi connectivity index (χ1n) is 33.3. The molecule has 10 heteroatoms. The van der Waals surface area contributed by atoms with Crippen molar-refractivity contribution in [3.63, 3.8) is 0 Å². The molecule has 0 N–H and O–H groups in total. The van der Waals surface area contributed by atoms with Crippen molar-refractivity contribution < 1.29 is 0 Å². The first kappa shape index (κ1) is 58.2. The Bertz CT molecular complexity index is 6630. The van der Waals surface area contributed by atoms with Crippen LogP contribution in [0, 0.1) is 0 Å². The van der Waals surface area contributed by atoms with Gasteiger partial charge in [0.15, 0.2) is 34.9 Å². The summed E-state index contributed by atoms with van der Waals surface area (Å²) in [5, 5.41) is 9.83. The number of thiophene rings is 4. The molecule has 466 valence electrons. The number of rotatable bonds is 11. The van der Waals surface area contributed by atoms with Crippen LogP contribution in [0.5, 0.6) is 0 Å². The highest BCUT2D eigenvalue weighted by atomic mass is 32.1. The summed E-state index contributed by atoms with van der Waals surface area (Å²) in [5.74, 6) is 3.80. The van der Waals surface area contributed by atoms with E-state index in [1.54, 1.807) is 11.3 Å². The summed E-state index contributed by atoms with van der Waals surface area (Å²) >= 11 is 7.30. The van der Waals surface area contributed by atoms with Gasteiger partial charge in [0, 0.05) is 114 Å². The van der Waals surface area contributed by atoms with Gasteiger partial charge in [-0.15, -0.1) is 45.3 Å². The van der Waals surface area contributed by atoms with Gasteiger partial charge < -0.3 is 0 Å². The number of hydrogen-bond acceptors (Lipinski definition) is 10. The van der Waals surface area contributed by atoms with E-state index in [9.17, 15) is 0 Å². The standard InChI is InChI=1S/C90H52N6S4/c1-3-15-53(16-4-1)63-43-46-79-74(50-63)69-25-12-23-66(83(69)99-79)56-35-41-60(42-36-56)88-92-87(95-90(96-88)72-27-14-30-81-82(72)71-22-8-10-29-77(71)98-81)58-37-31-54(32-38-58)61-19-11-20-62(49-61)64-44-47-80-75(51-64)70-26-13-24-67(84(70)100-80)55-33-39-59(40-34-55)86-91-85(57-17-5-2-6-18-57)93-89(94-86)65-45-48-78-73(52-65)68-21-7-9-28-76(68)97-78/h1-52H. The third kappa shape index (κ3) is 10.2. The van der Waals surface area contributed by atoms with E-state index in [-0.39, 0.29) is 0 Å². The first-order valence-corrected chi connectivity index (χ1v) is 36.5. The molecule has 14 aromatic carbocycles. The van der Waals surface area contributed by atoms with Crippen molar-refractivity contribution in [2.24, 2.45) is 0 Å². The number of benzene rings is 14. The first-order chi connectivity index (χ1) is 49.5. The lowest BCUT2D eigenvalue weighted by Crippen LogP contribution is -2.00. The molecule has 0 atom stereocenters. The third-order valence-electron chi connectivity index (χ3n) is 19.3. The predicted molar refractivity (Wildman–Crippen MR) is 425 cm³/mol. The van der Waals surface area contributed by atoms with E-state index in [0.29, 0.717) is 34.9 Å². The van der Waals surface area contributed by atoms with Crippen LogP contribution in [0.3, 0.4) is 0 Å². The lowest BCUT2D eigenvalue weighted by Gasteiger charge is -2.11. The van der Waals surface area contributed by atoms with Crippen LogP contribution in [-0.4, -0.2) is 29.9 Å². The van der Waals surface area contributed by atoms with E-state index in [1.165, 1.54) is 97.6 Å². The van der Waals surface area contributed by atoms with Crippen LogP contribution in [-0.2, 0) is 0 Å². The van der Waals surface area contributed by atoms with Gasteiger partial charge in [-0.2, -0.15) is 0 Å². The zero-order valence-electron chi connectivity index (χ0n) is 53.3. The van der Waals surface area contributed by atoms with Gasteiger partial charge in [0.05, 0.1) is 0 Å². The number of nitrogens with zero attached hydrogens (tertiary/aromatic N) is 6. The van der Waals surface area contributed by atoms with Crippen LogP contribution in [0.2, 0.25) is 0 Å². The summed E-state index contributed by atoms with van der Waals surface area (Å²) in [6.45, 7) is 0. The van der Waals surface area contributed by atoms with Crippen molar-refractivity contribution in [2.75, 3.05) is 0 Å². The monoisotopic (exact) mass is 1340 g/mol. The topological polar surface area (TPSA) is 77.3 Å².